The molecule has 2 aromatic carbocycles. The molecule has 1 amide bonds. The number of aromatic nitrogens is 2. The average molecular weight is 491 g/mol. The summed E-state index contributed by atoms with van der Waals surface area (Å²) < 4.78 is 45.0. The number of piperidine rings is 1. The summed E-state index contributed by atoms with van der Waals surface area (Å²) in [6.07, 6.45) is 0.831. The molecular weight excluding hydrogens is 467 g/mol. The van der Waals surface area contributed by atoms with Gasteiger partial charge in [0.15, 0.2) is 0 Å². The van der Waals surface area contributed by atoms with E-state index < -0.39 is 15.8 Å². The number of sulfonamides is 1. The van der Waals surface area contributed by atoms with Crippen LogP contribution in [-0.2, 0) is 20.6 Å². The molecule has 0 radical (unpaired) electrons. The number of carbonyl (C=O) groups is 1. The molecule has 0 saturated carbocycles. The maximum atomic E-state index is 13.1. The zero-order valence-corrected chi connectivity index (χ0v) is 19.5. The predicted octanol–water partition coefficient (Wildman–Crippen LogP) is 3.53. The summed E-state index contributed by atoms with van der Waals surface area (Å²) in [7, 11) is -1.94. The van der Waals surface area contributed by atoms with Crippen molar-refractivity contribution in [3.05, 3.63) is 59.9 Å². The van der Waals surface area contributed by atoms with Crippen molar-refractivity contribution in [2.24, 2.45) is 5.92 Å². The van der Waals surface area contributed by atoms with Gasteiger partial charge in [-0.05, 0) is 54.8 Å². The van der Waals surface area contributed by atoms with Crippen molar-refractivity contribution in [2.45, 2.75) is 18.6 Å². The third-order valence-corrected chi connectivity index (χ3v) is 8.21. The van der Waals surface area contributed by atoms with Crippen LogP contribution in [0.1, 0.15) is 18.4 Å². The maximum Gasteiger partial charge on any atom is 0.229 e. The molecule has 33 heavy (non-hydrogen) atoms. The molecule has 3 aromatic rings. The first-order valence-electron chi connectivity index (χ1n) is 10.3. The lowest BCUT2D eigenvalue weighted by Crippen LogP contribution is -2.41. The van der Waals surface area contributed by atoms with Gasteiger partial charge in [0.05, 0.1) is 12.9 Å². The minimum Gasteiger partial charge on any atom is -0.497 e. The molecule has 174 valence electrons. The van der Waals surface area contributed by atoms with E-state index in [0.29, 0.717) is 28.5 Å². The Kier molecular flexibility index (Phi) is 7.01. The lowest BCUT2D eigenvalue weighted by Gasteiger charge is -2.30. The molecule has 1 saturated heterocycles. The normalized spacial score (nSPS) is 15.3. The molecule has 8 nitrogen and oxygen atoms in total. The lowest BCUT2D eigenvalue weighted by molar-refractivity contribution is -0.120. The minimum absolute atomic E-state index is 0.191. The molecule has 0 spiro atoms. The van der Waals surface area contributed by atoms with Crippen LogP contribution in [0.5, 0.6) is 5.75 Å². The topological polar surface area (TPSA) is 101 Å². The van der Waals surface area contributed by atoms with Gasteiger partial charge < -0.3 is 10.1 Å². The first kappa shape index (κ1) is 23.3. The second-order valence-corrected chi connectivity index (χ2v) is 10.6. The van der Waals surface area contributed by atoms with Crippen LogP contribution in [0.15, 0.2) is 48.5 Å². The van der Waals surface area contributed by atoms with Crippen molar-refractivity contribution in [1.82, 2.24) is 14.5 Å². The zero-order valence-electron chi connectivity index (χ0n) is 17.9. The smallest absolute Gasteiger partial charge is 0.229 e. The van der Waals surface area contributed by atoms with Crippen LogP contribution >= 0.6 is 11.3 Å². The molecule has 1 fully saturated rings. The molecule has 2 heterocycles. The van der Waals surface area contributed by atoms with E-state index in [1.807, 2.05) is 24.3 Å². The number of hydrogen-bond acceptors (Lipinski definition) is 7. The van der Waals surface area contributed by atoms with Crippen molar-refractivity contribution in [3.63, 3.8) is 0 Å². The molecule has 1 N–H and O–H groups in total. The first-order valence-corrected chi connectivity index (χ1v) is 12.8. The lowest BCUT2D eigenvalue weighted by atomic mass is 9.97. The number of ether oxygens (including phenoxy) is 1. The predicted molar refractivity (Wildman–Crippen MR) is 124 cm³/mol. The average Bonchev–Trinajstić information content (AvgIpc) is 3.29. The van der Waals surface area contributed by atoms with E-state index in [9.17, 15) is 17.6 Å². The fourth-order valence-electron chi connectivity index (χ4n) is 3.61. The van der Waals surface area contributed by atoms with Crippen LogP contribution in [0.4, 0.5) is 9.52 Å². The number of nitrogens with zero attached hydrogens (tertiary/aromatic N) is 3. The second kappa shape index (κ2) is 9.94. The maximum absolute atomic E-state index is 13.1. The highest BCUT2D eigenvalue weighted by atomic mass is 32.2. The number of nitrogens with one attached hydrogen (secondary N) is 1. The van der Waals surface area contributed by atoms with E-state index in [4.69, 9.17) is 4.74 Å². The molecule has 4 rings (SSSR count). The van der Waals surface area contributed by atoms with Gasteiger partial charge in [0, 0.05) is 24.6 Å². The number of amides is 1. The van der Waals surface area contributed by atoms with Gasteiger partial charge in [0.25, 0.3) is 0 Å². The summed E-state index contributed by atoms with van der Waals surface area (Å²) in [5.41, 5.74) is 1.40. The largest absolute Gasteiger partial charge is 0.497 e. The highest BCUT2D eigenvalue weighted by Crippen LogP contribution is 2.29. The van der Waals surface area contributed by atoms with E-state index in [2.05, 4.69) is 15.5 Å². The van der Waals surface area contributed by atoms with Gasteiger partial charge in [-0.25, -0.2) is 17.1 Å². The van der Waals surface area contributed by atoms with Gasteiger partial charge in [-0.3, -0.25) is 4.79 Å². The Morgan fingerprint density at radius 2 is 1.79 bits per heavy atom. The Balaban J connectivity index is 1.31. The van der Waals surface area contributed by atoms with Gasteiger partial charge in [-0.2, -0.15) is 0 Å². The van der Waals surface area contributed by atoms with Crippen LogP contribution in [-0.4, -0.2) is 49.0 Å². The van der Waals surface area contributed by atoms with Crippen LogP contribution in [0, 0.1) is 11.7 Å². The quantitative estimate of drug-likeness (QED) is 0.544. The Labute approximate surface area is 195 Å². The molecule has 1 aliphatic heterocycles. The van der Waals surface area contributed by atoms with Crippen molar-refractivity contribution in [2.75, 3.05) is 25.5 Å². The van der Waals surface area contributed by atoms with Crippen LogP contribution < -0.4 is 10.1 Å². The standard InChI is InChI=1S/C22H23FN4O4S2/c1-31-19-8-4-17(5-9-19)21-25-26-22(32-21)24-20(28)16-10-12-27(13-11-16)33(29,30)14-15-2-6-18(23)7-3-15/h2-9,16H,10-14H2,1H3,(H,24,26,28). The van der Waals surface area contributed by atoms with Crippen LogP contribution in [0.25, 0.3) is 10.6 Å². The van der Waals surface area contributed by atoms with Crippen molar-refractivity contribution >= 4 is 32.4 Å². The molecule has 1 aliphatic rings. The fraction of sp³-hybridized carbons (Fsp3) is 0.318. The van der Waals surface area contributed by atoms with Crippen molar-refractivity contribution in [1.29, 1.82) is 0 Å². The van der Waals surface area contributed by atoms with Gasteiger partial charge in [0.1, 0.15) is 16.6 Å². The highest BCUT2D eigenvalue weighted by molar-refractivity contribution is 7.88. The summed E-state index contributed by atoms with van der Waals surface area (Å²) in [5, 5.41) is 12.1. The fourth-order valence-corrected chi connectivity index (χ4v) is 5.93. The Bertz CT molecular complexity index is 1210. The molecule has 0 bridgehead atoms. The van der Waals surface area contributed by atoms with E-state index in [-0.39, 0.29) is 30.7 Å². The first-order chi connectivity index (χ1) is 15.8. The minimum atomic E-state index is -3.54. The molecule has 1 aromatic heterocycles. The number of benzene rings is 2. The molecule has 11 heteroatoms. The summed E-state index contributed by atoms with van der Waals surface area (Å²) in [4.78, 5) is 12.7. The van der Waals surface area contributed by atoms with E-state index >= 15 is 0 Å². The number of carbonyl (C=O) groups excluding carboxylic acids is 1. The summed E-state index contributed by atoms with van der Waals surface area (Å²) in [6, 6.07) is 12.8. The summed E-state index contributed by atoms with van der Waals surface area (Å²) in [6.45, 7) is 0.518. The highest BCUT2D eigenvalue weighted by Gasteiger charge is 2.31. The number of rotatable bonds is 7. The summed E-state index contributed by atoms with van der Waals surface area (Å²) in [5.74, 6) is -0.362. The number of methoxy groups -OCH3 is 1. The van der Waals surface area contributed by atoms with Gasteiger partial charge in [0.2, 0.25) is 21.1 Å². The van der Waals surface area contributed by atoms with Crippen LogP contribution in [0.2, 0.25) is 0 Å². The SMILES string of the molecule is COc1ccc(-c2nnc(NC(=O)C3CCN(S(=O)(=O)Cc4ccc(F)cc4)CC3)s2)cc1. The molecular formula is C22H23FN4O4S2. The number of halogens is 1. The van der Waals surface area contributed by atoms with Crippen molar-refractivity contribution < 1.29 is 22.3 Å². The number of anilines is 1. The monoisotopic (exact) mass is 490 g/mol. The van der Waals surface area contributed by atoms with E-state index in [0.717, 1.165) is 11.3 Å². The molecule has 0 unspecified atom stereocenters. The van der Waals surface area contributed by atoms with Gasteiger partial charge in [-0.1, -0.05) is 23.5 Å². The number of hydrogen-bond donors (Lipinski definition) is 1. The van der Waals surface area contributed by atoms with Crippen LogP contribution in [0.3, 0.4) is 0 Å². The Hall–Kier alpha value is -2.89. The molecule has 0 atom stereocenters. The Morgan fingerprint density at radius 1 is 1.12 bits per heavy atom. The van der Waals surface area contributed by atoms with E-state index in [1.54, 1.807) is 7.11 Å². The Morgan fingerprint density at radius 3 is 2.42 bits per heavy atom. The molecule has 0 aliphatic carbocycles. The van der Waals surface area contributed by atoms with Gasteiger partial charge in [-0.15, -0.1) is 10.2 Å². The third-order valence-electron chi connectivity index (χ3n) is 5.47. The second-order valence-electron chi connectivity index (χ2n) is 7.69. The third kappa shape index (κ3) is 5.73. The zero-order chi connectivity index (χ0) is 23.4. The van der Waals surface area contributed by atoms with Gasteiger partial charge >= 0.3 is 0 Å². The van der Waals surface area contributed by atoms with E-state index in [1.165, 1.54) is 39.9 Å². The van der Waals surface area contributed by atoms with Crippen molar-refractivity contribution in [3.8, 4) is 16.3 Å². The summed E-state index contributed by atoms with van der Waals surface area (Å²) >= 11 is 1.27.